The molecule has 88 valence electrons. The topological polar surface area (TPSA) is 52.3 Å². The zero-order valence-corrected chi connectivity index (χ0v) is 9.77. The Kier molecular flexibility index (Phi) is 3.23. The first-order chi connectivity index (χ1) is 8.22. The summed E-state index contributed by atoms with van der Waals surface area (Å²) in [6.45, 7) is 3.77. The van der Waals surface area contributed by atoms with Crippen LogP contribution in [-0.4, -0.2) is 17.6 Å². The van der Waals surface area contributed by atoms with Crippen LogP contribution >= 0.6 is 0 Å². The van der Waals surface area contributed by atoms with Gasteiger partial charge in [-0.1, -0.05) is 30.3 Å². The number of aromatic nitrogens is 1. The van der Waals surface area contributed by atoms with Gasteiger partial charge in [-0.05, 0) is 6.92 Å². The van der Waals surface area contributed by atoms with Crippen molar-refractivity contribution in [2.24, 2.45) is 0 Å². The number of rotatable bonds is 3. The van der Waals surface area contributed by atoms with E-state index in [0.29, 0.717) is 18.2 Å². The third-order valence-electron chi connectivity index (χ3n) is 2.24. The standard InChI is InChI=1S/C13H13NO3/c1-3-16-13(15)12-11(14-9(2)17-12)10-7-5-4-6-8-10/h4-8H,3H2,1-2H3. The first kappa shape index (κ1) is 11.4. The summed E-state index contributed by atoms with van der Waals surface area (Å²) < 4.78 is 10.2. The third kappa shape index (κ3) is 2.36. The van der Waals surface area contributed by atoms with Gasteiger partial charge in [0, 0.05) is 12.5 Å². The van der Waals surface area contributed by atoms with Gasteiger partial charge in [-0.2, -0.15) is 0 Å². The molecule has 2 rings (SSSR count). The molecule has 0 amide bonds. The number of esters is 1. The molecule has 0 aliphatic heterocycles. The Morgan fingerprint density at radius 3 is 2.71 bits per heavy atom. The molecular weight excluding hydrogens is 218 g/mol. The minimum atomic E-state index is -0.480. The predicted octanol–water partition coefficient (Wildman–Crippen LogP) is 2.83. The van der Waals surface area contributed by atoms with E-state index in [0.717, 1.165) is 5.56 Å². The Morgan fingerprint density at radius 1 is 1.35 bits per heavy atom. The summed E-state index contributed by atoms with van der Waals surface area (Å²) in [5, 5.41) is 0. The molecule has 0 bridgehead atoms. The quantitative estimate of drug-likeness (QED) is 0.762. The molecular formula is C13H13NO3. The van der Waals surface area contributed by atoms with Gasteiger partial charge >= 0.3 is 5.97 Å². The highest BCUT2D eigenvalue weighted by Crippen LogP contribution is 2.24. The summed E-state index contributed by atoms with van der Waals surface area (Å²) in [7, 11) is 0. The van der Waals surface area contributed by atoms with Crippen LogP contribution in [0, 0.1) is 6.92 Å². The molecule has 4 nitrogen and oxygen atoms in total. The number of oxazole rings is 1. The van der Waals surface area contributed by atoms with Gasteiger partial charge in [-0.25, -0.2) is 9.78 Å². The van der Waals surface area contributed by atoms with Gasteiger partial charge in [0.1, 0.15) is 5.69 Å². The highest BCUT2D eigenvalue weighted by atomic mass is 16.5. The molecule has 1 aromatic carbocycles. The zero-order valence-electron chi connectivity index (χ0n) is 9.77. The second kappa shape index (κ2) is 4.82. The molecule has 17 heavy (non-hydrogen) atoms. The Hall–Kier alpha value is -2.10. The average Bonchev–Trinajstić information content (AvgIpc) is 2.73. The van der Waals surface area contributed by atoms with Crippen LogP contribution in [0.4, 0.5) is 0 Å². The number of ether oxygens (including phenoxy) is 1. The fourth-order valence-corrected chi connectivity index (χ4v) is 1.55. The average molecular weight is 231 g/mol. The summed E-state index contributed by atoms with van der Waals surface area (Å²) in [5.41, 5.74) is 1.37. The van der Waals surface area contributed by atoms with E-state index in [9.17, 15) is 4.79 Å². The Morgan fingerprint density at radius 2 is 2.06 bits per heavy atom. The molecule has 0 N–H and O–H groups in total. The molecule has 1 heterocycles. The summed E-state index contributed by atoms with van der Waals surface area (Å²) in [5.74, 6) is 0.134. The Balaban J connectivity index is 2.44. The van der Waals surface area contributed by atoms with Gasteiger partial charge in [0.25, 0.3) is 0 Å². The number of carbonyl (C=O) groups excluding carboxylic acids is 1. The lowest BCUT2D eigenvalue weighted by Gasteiger charge is -2.00. The van der Waals surface area contributed by atoms with Gasteiger partial charge in [0.15, 0.2) is 5.89 Å². The molecule has 1 aromatic heterocycles. The maximum absolute atomic E-state index is 11.7. The highest BCUT2D eigenvalue weighted by Gasteiger charge is 2.20. The van der Waals surface area contributed by atoms with Gasteiger partial charge in [-0.3, -0.25) is 0 Å². The molecule has 4 heteroatoms. The SMILES string of the molecule is CCOC(=O)c1oc(C)nc1-c1ccccc1. The van der Waals surface area contributed by atoms with Crippen LogP contribution in [0.3, 0.4) is 0 Å². The predicted molar refractivity (Wildman–Crippen MR) is 62.6 cm³/mol. The van der Waals surface area contributed by atoms with Crippen molar-refractivity contribution >= 4 is 5.97 Å². The van der Waals surface area contributed by atoms with Crippen LogP contribution in [0.1, 0.15) is 23.4 Å². The summed E-state index contributed by atoms with van der Waals surface area (Å²) in [6.07, 6.45) is 0. The van der Waals surface area contributed by atoms with E-state index in [1.165, 1.54) is 0 Å². The molecule has 0 saturated heterocycles. The zero-order chi connectivity index (χ0) is 12.3. The second-order valence-corrected chi connectivity index (χ2v) is 3.50. The summed E-state index contributed by atoms with van der Waals surface area (Å²) >= 11 is 0. The summed E-state index contributed by atoms with van der Waals surface area (Å²) in [6, 6.07) is 9.42. The Labute approximate surface area is 99.2 Å². The molecule has 0 aliphatic rings. The number of nitrogens with zero attached hydrogens (tertiary/aromatic N) is 1. The minimum absolute atomic E-state index is 0.163. The van der Waals surface area contributed by atoms with Crippen LogP contribution < -0.4 is 0 Å². The number of benzene rings is 1. The molecule has 0 fully saturated rings. The van der Waals surface area contributed by atoms with Gasteiger partial charge < -0.3 is 9.15 Å². The van der Waals surface area contributed by atoms with Crippen molar-refractivity contribution < 1.29 is 13.9 Å². The first-order valence-corrected chi connectivity index (χ1v) is 5.42. The van der Waals surface area contributed by atoms with E-state index < -0.39 is 5.97 Å². The molecule has 0 aliphatic carbocycles. The summed E-state index contributed by atoms with van der Waals surface area (Å²) in [4.78, 5) is 15.9. The largest absolute Gasteiger partial charge is 0.460 e. The normalized spacial score (nSPS) is 10.2. The smallest absolute Gasteiger partial charge is 0.376 e. The van der Waals surface area contributed by atoms with Crippen molar-refractivity contribution in [3.8, 4) is 11.3 Å². The van der Waals surface area contributed by atoms with Crippen LogP contribution in [0.2, 0.25) is 0 Å². The van der Waals surface area contributed by atoms with Crippen molar-refractivity contribution in [1.29, 1.82) is 0 Å². The fraction of sp³-hybridized carbons (Fsp3) is 0.231. The molecule has 0 unspecified atom stereocenters. The van der Waals surface area contributed by atoms with Crippen molar-refractivity contribution in [2.45, 2.75) is 13.8 Å². The maximum Gasteiger partial charge on any atom is 0.376 e. The van der Waals surface area contributed by atoms with Gasteiger partial charge in [-0.15, -0.1) is 0 Å². The Bertz CT molecular complexity index is 517. The van der Waals surface area contributed by atoms with Gasteiger partial charge in [0.05, 0.1) is 6.61 Å². The fourth-order valence-electron chi connectivity index (χ4n) is 1.55. The van der Waals surface area contributed by atoms with Crippen LogP contribution in [0.15, 0.2) is 34.7 Å². The minimum Gasteiger partial charge on any atom is -0.460 e. The van der Waals surface area contributed by atoms with Gasteiger partial charge in [0.2, 0.25) is 5.76 Å². The van der Waals surface area contributed by atoms with E-state index >= 15 is 0 Å². The highest BCUT2D eigenvalue weighted by molar-refractivity contribution is 5.93. The van der Waals surface area contributed by atoms with E-state index in [1.807, 2.05) is 30.3 Å². The second-order valence-electron chi connectivity index (χ2n) is 3.50. The molecule has 0 radical (unpaired) electrons. The molecule has 2 aromatic rings. The lowest BCUT2D eigenvalue weighted by molar-refractivity contribution is 0.0490. The lowest BCUT2D eigenvalue weighted by atomic mass is 10.1. The molecule has 0 saturated carbocycles. The third-order valence-corrected chi connectivity index (χ3v) is 2.24. The number of hydrogen-bond donors (Lipinski definition) is 0. The molecule has 0 spiro atoms. The number of hydrogen-bond acceptors (Lipinski definition) is 4. The van der Waals surface area contributed by atoms with E-state index in [-0.39, 0.29) is 5.76 Å². The van der Waals surface area contributed by atoms with Crippen LogP contribution in [0.25, 0.3) is 11.3 Å². The van der Waals surface area contributed by atoms with E-state index in [2.05, 4.69) is 4.98 Å². The van der Waals surface area contributed by atoms with Crippen molar-refractivity contribution in [3.05, 3.63) is 42.0 Å². The number of carbonyl (C=O) groups is 1. The van der Waals surface area contributed by atoms with Crippen molar-refractivity contribution in [1.82, 2.24) is 4.98 Å². The van der Waals surface area contributed by atoms with E-state index in [1.54, 1.807) is 13.8 Å². The monoisotopic (exact) mass is 231 g/mol. The molecule has 0 atom stereocenters. The van der Waals surface area contributed by atoms with Crippen molar-refractivity contribution in [3.63, 3.8) is 0 Å². The first-order valence-electron chi connectivity index (χ1n) is 5.42. The van der Waals surface area contributed by atoms with Crippen LogP contribution in [-0.2, 0) is 4.74 Å². The van der Waals surface area contributed by atoms with Crippen LogP contribution in [0.5, 0.6) is 0 Å². The number of aryl methyl sites for hydroxylation is 1. The maximum atomic E-state index is 11.7. The van der Waals surface area contributed by atoms with Crippen molar-refractivity contribution in [2.75, 3.05) is 6.61 Å². The lowest BCUT2D eigenvalue weighted by Crippen LogP contribution is -2.04. The van der Waals surface area contributed by atoms with E-state index in [4.69, 9.17) is 9.15 Å².